The zero-order chi connectivity index (χ0) is 74.3. The number of aromatic nitrogens is 13. The molecule has 20 nitrogen and oxygen atoms in total. The minimum Gasteiger partial charge on any atom is -0.355 e. The van der Waals surface area contributed by atoms with E-state index >= 15 is 0 Å². The van der Waals surface area contributed by atoms with Gasteiger partial charge in [0, 0.05) is 78.3 Å². The molecule has 29 heteroatoms. The molecule has 0 aliphatic carbocycles. The van der Waals surface area contributed by atoms with E-state index in [1.165, 1.54) is 22.6 Å². The van der Waals surface area contributed by atoms with Gasteiger partial charge in [0.25, 0.3) is 0 Å². The minimum atomic E-state index is -4.43. The Morgan fingerprint density at radius 2 is 0.802 bits per heavy atom. The van der Waals surface area contributed by atoms with Crippen LogP contribution in [0.15, 0.2) is 215 Å². The summed E-state index contributed by atoms with van der Waals surface area (Å²) in [5.41, 5.74) is 10.2. The lowest BCUT2D eigenvalue weighted by atomic mass is 9.97. The highest BCUT2D eigenvalue weighted by Crippen LogP contribution is 2.40. The zero-order valence-corrected chi connectivity index (χ0v) is 61.6. The third-order valence-electron chi connectivity index (χ3n) is 17.7. The summed E-state index contributed by atoms with van der Waals surface area (Å²) >= 11 is 36.8. The van der Waals surface area contributed by atoms with Crippen LogP contribution in [0.3, 0.4) is 0 Å². The van der Waals surface area contributed by atoms with Crippen molar-refractivity contribution in [3.05, 3.63) is 268 Å². The summed E-state index contributed by atoms with van der Waals surface area (Å²) in [5.74, 6) is 1.36. The van der Waals surface area contributed by atoms with Gasteiger partial charge in [0.15, 0.2) is 16.9 Å². The Kier molecular flexibility index (Phi) is 22.7. The fraction of sp³-hybridized carbons (Fsp3) is 0.195. The molecule has 0 saturated carbocycles. The van der Waals surface area contributed by atoms with Gasteiger partial charge in [-0.05, 0) is 166 Å². The molecule has 0 bridgehead atoms. The maximum atomic E-state index is 13.5. The van der Waals surface area contributed by atoms with Crippen molar-refractivity contribution in [1.29, 1.82) is 0 Å². The number of nitrogens with one attached hydrogen (secondary N) is 3. The lowest BCUT2D eigenvalue weighted by Gasteiger charge is -2.29. The summed E-state index contributed by atoms with van der Waals surface area (Å²) in [6.07, 6.45) is -1.91. The number of hydrogen-bond acceptors (Lipinski definition) is 14. The van der Waals surface area contributed by atoms with Gasteiger partial charge in [-0.2, -0.15) is 13.2 Å². The summed E-state index contributed by atoms with van der Waals surface area (Å²) in [4.78, 5) is 61.3. The first kappa shape index (κ1) is 73.9. The van der Waals surface area contributed by atoms with E-state index in [-0.39, 0.29) is 23.0 Å². The zero-order valence-electron chi connectivity index (χ0n) is 57.1. The first-order chi connectivity index (χ1) is 51.2. The number of para-hydroxylation sites is 1. The summed E-state index contributed by atoms with van der Waals surface area (Å²) in [6.45, 7) is 6.92. The Morgan fingerprint density at radius 1 is 0.443 bits per heavy atom. The molecule has 3 N–H and O–H groups in total. The number of nitrogens with zero attached hydrogens (tertiary/aromatic N) is 14. The molecule has 8 heterocycles. The molecule has 540 valence electrons. The SMILES string of the molecule is CCn1nc2c(-c3ccc(Cl)cc3)c(-c3ccc(Cl)cc3)nc(NCc3ccccn3)n2c1=O.CCn1nc2c(-c3ccc(Cl)cc3)c(-c3ccc(Cl)cc3)nc(Nc3ccccc3)n2c1=O.CN1CCC(CNc2nc(-c3ccc(Cl)cc3)c(-c3ccc(Cl)cc3)c3nn(CCC(F)(F)F)c(=O)n23)CC1. The number of pyridine rings is 1. The van der Waals surface area contributed by atoms with Gasteiger partial charge >= 0.3 is 23.2 Å². The minimum absolute atomic E-state index is 0.204. The van der Waals surface area contributed by atoms with Crippen LogP contribution in [-0.2, 0) is 26.2 Å². The van der Waals surface area contributed by atoms with Crippen molar-refractivity contribution in [2.45, 2.75) is 65.5 Å². The van der Waals surface area contributed by atoms with E-state index < -0.39 is 24.8 Å². The third kappa shape index (κ3) is 16.7. The number of likely N-dealkylation sites (tertiary alicyclic amines) is 1. The van der Waals surface area contributed by atoms with Crippen LogP contribution in [0.25, 0.3) is 84.1 Å². The normalized spacial score (nSPS) is 12.6. The van der Waals surface area contributed by atoms with Crippen LogP contribution in [0.4, 0.5) is 36.7 Å². The lowest BCUT2D eigenvalue weighted by Crippen LogP contribution is -2.33. The predicted molar refractivity (Wildman–Crippen MR) is 416 cm³/mol. The number of rotatable bonds is 18. The van der Waals surface area contributed by atoms with E-state index in [1.54, 1.807) is 66.9 Å². The Bertz CT molecular complexity index is 5620. The first-order valence-electron chi connectivity index (χ1n) is 33.8. The summed E-state index contributed by atoms with van der Waals surface area (Å²) in [5, 5.41) is 27.2. The molecule has 0 spiro atoms. The number of piperidine rings is 1. The molecule has 0 amide bonds. The predicted octanol–water partition coefficient (Wildman–Crippen LogP) is 18.1. The van der Waals surface area contributed by atoms with E-state index in [1.807, 2.05) is 147 Å². The van der Waals surface area contributed by atoms with E-state index in [4.69, 9.17) is 84.6 Å². The van der Waals surface area contributed by atoms with E-state index in [0.29, 0.717) is 119 Å². The molecule has 15 rings (SSSR count). The number of benzene rings is 7. The smallest absolute Gasteiger partial charge is 0.355 e. The second kappa shape index (κ2) is 32.6. The van der Waals surface area contributed by atoms with Crippen LogP contribution in [0.1, 0.15) is 38.8 Å². The largest absolute Gasteiger partial charge is 0.390 e. The number of aryl methyl sites for hydroxylation is 3. The Hall–Kier alpha value is -10.4. The fourth-order valence-electron chi connectivity index (χ4n) is 12.3. The van der Waals surface area contributed by atoms with Crippen LogP contribution in [-0.4, -0.2) is 100 Å². The number of halogens is 9. The average Bonchev–Trinajstić information content (AvgIpc) is 1.72. The molecule has 14 aromatic rings. The number of hydrogen-bond donors (Lipinski definition) is 3. The van der Waals surface area contributed by atoms with Gasteiger partial charge in [-0.3, -0.25) is 4.98 Å². The molecule has 7 aromatic carbocycles. The molecule has 7 aromatic heterocycles. The van der Waals surface area contributed by atoms with Crippen LogP contribution in [0.2, 0.25) is 30.1 Å². The first-order valence-corrected chi connectivity index (χ1v) is 36.1. The standard InChI is InChI=1S/C27H27Cl2F3N6O.C25H20Cl2N6O.C25H19Cl2N5O/c1-36-13-10-17(11-14-36)16-33-25-34-23(19-4-8-21(29)9-5-19)22(18-2-6-20(28)7-3-18)24-35-37(26(39)38(24)25)15-12-27(30,31)32;1-2-32-25(34)33-23(31-32)21(16-6-10-18(26)11-7-16)22(17-8-12-19(27)13-9-17)30-24(33)29-15-20-5-3-4-14-28-20;1-2-31-25(33)32-23(30-31)21(16-8-12-18(26)13-9-16)22(17-10-14-19(27)15-11-17)29-24(32)28-20-6-4-3-5-7-20/h2-9,17H,10-16H2,1H3,(H,33,34);3-14H,2,15H2,1H3,(H,29,30);3-15H,2H2,1H3,(H,28,29). The van der Waals surface area contributed by atoms with Gasteiger partial charge in [-0.1, -0.05) is 167 Å². The molecule has 1 aliphatic rings. The van der Waals surface area contributed by atoms with Crippen molar-refractivity contribution in [2.75, 3.05) is 42.6 Å². The van der Waals surface area contributed by atoms with Gasteiger partial charge in [-0.25, -0.2) is 56.6 Å². The molecule has 106 heavy (non-hydrogen) atoms. The second-order valence-corrected chi connectivity index (χ2v) is 27.5. The second-order valence-electron chi connectivity index (χ2n) is 24.9. The molecule has 1 fully saturated rings. The highest BCUT2D eigenvalue weighted by atomic mass is 35.5. The van der Waals surface area contributed by atoms with Crippen LogP contribution in [0.5, 0.6) is 0 Å². The van der Waals surface area contributed by atoms with Crippen molar-refractivity contribution in [1.82, 2.24) is 67.4 Å². The maximum absolute atomic E-state index is 13.5. The van der Waals surface area contributed by atoms with E-state index in [0.717, 1.165) is 75.4 Å². The van der Waals surface area contributed by atoms with Gasteiger partial charge in [0.2, 0.25) is 17.8 Å². The van der Waals surface area contributed by atoms with Gasteiger partial charge in [0.05, 0.1) is 59.0 Å². The monoisotopic (exact) mass is 1540 g/mol. The number of anilines is 4. The molecule has 1 saturated heterocycles. The number of fused-ring (bicyclic) bond motifs is 3. The molecular formula is C77H66Cl6F3N17O3. The fourth-order valence-corrected chi connectivity index (χ4v) is 13.0. The molecule has 0 atom stereocenters. The van der Waals surface area contributed by atoms with E-state index in [9.17, 15) is 27.6 Å². The lowest BCUT2D eigenvalue weighted by molar-refractivity contribution is -0.137. The molecule has 0 unspecified atom stereocenters. The average molecular weight is 1550 g/mol. The summed E-state index contributed by atoms with van der Waals surface area (Å²) in [7, 11) is 2.08. The molecule has 1 aliphatic heterocycles. The van der Waals surface area contributed by atoms with Gasteiger partial charge < -0.3 is 20.9 Å². The molecule has 0 radical (unpaired) electrons. The maximum Gasteiger partial charge on any atom is 0.390 e. The van der Waals surface area contributed by atoms with Crippen LogP contribution >= 0.6 is 69.6 Å². The Labute approximate surface area is 635 Å². The third-order valence-corrected chi connectivity index (χ3v) is 19.2. The van der Waals surface area contributed by atoms with E-state index in [2.05, 4.69) is 48.2 Å². The van der Waals surface area contributed by atoms with Gasteiger partial charge in [-0.15, -0.1) is 15.3 Å². The Morgan fingerprint density at radius 3 is 1.19 bits per heavy atom. The Balaban J connectivity index is 0.000000141. The topological polar surface area (TPSA) is 209 Å². The van der Waals surface area contributed by atoms with Crippen molar-refractivity contribution < 1.29 is 13.2 Å². The summed E-state index contributed by atoms with van der Waals surface area (Å²) in [6, 6.07) is 59.0. The van der Waals surface area contributed by atoms with Crippen molar-refractivity contribution in [3.63, 3.8) is 0 Å². The highest BCUT2D eigenvalue weighted by Gasteiger charge is 2.31. The van der Waals surface area contributed by atoms with Gasteiger partial charge in [0.1, 0.15) is 0 Å². The quantitative estimate of drug-likeness (QED) is 0.0730. The highest BCUT2D eigenvalue weighted by molar-refractivity contribution is 6.32. The van der Waals surface area contributed by atoms with Crippen molar-refractivity contribution in [2.24, 2.45) is 5.92 Å². The van der Waals surface area contributed by atoms with Crippen LogP contribution in [0, 0.1) is 5.92 Å². The molecular weight excluding hydrogens is 1480 g/mol. The summed E-state index contributed by atoms with van der Waals surface area (Å²) < 4.78 is 47.2. The number of alkyl halides is 3. The van der Waals surface area contributed by atoms with Crippen LogP contribution < -0.4 is 33.0 Å². The van der Waals surface area contributed by atoms with Crippen molar-refractivity contribution >= 4 is 110 Å². The van der Waals surface area contributed by atoms with Crippen molar-refractivity contribution in [3.8, 4) is 67.2 Å².